The van der Waals surface area contributed by atoms with Crippen molar-refractivity contribution in [2.45, 2.75) is 6.42 Å². The third kappa shape index (κ3) is 5.61. The Kier molecular flexibility index (Phi) is 7.63. The van der Waals surface area contributed by atoms with Gasteiger partial charge in [0.15, 0.2) is 0 Å². The van der Waals surface area contributed by atoms with Crippen molar-refractivity contribution in [3.05, 3.63) is 10.7 Å². The summed E-state index contributed by atoms with van der Waals surface area (Å²) in [7, 11) is 3.19. The van der Waals surface area contributed by atoms with Gasteiger partial charge in [0, 0.05) is 20.1 Å². The van der Waals surface area contributed by atoms with E-state index < -0.39 is 0 Å². The van der Waals surface area contributed by atoms with E-state index in [9.17, 15) is 0 Å². The SMILES string of the molecule is COCCOCCCOc1ncc(Br)c(OC)n1. The monoisotopic (exact) mass is 320 g/mol. The van der Waals surface area contributed by atoms with Gasteiger partial charge in [-0.2, -0.15) is 4.98 Å². The molecule has 1 aromatic heterocycles. The second-order valence-corrected chi connectivity index (χ2v) is 4.17. The molecule has 0 aliphatic rings. The molecule has 18 heavy (non-hydrogen) atoms. The van der Waals surface area contributed by atoms with E-state index in [-0.39, 0.29) is 0 Å². The Hall–Kier alpha value is -0.920. The summed E-state index contributed by atoms with van der Waals surface area (Å²) in [5, 5.41) is 0. The zero-order chi connectivity index (χ0) is 13.2. The number of rotatable bonds is 9. The number of aromatic nitrogens is 2. The minimum atomic E-state index is 0.298. The van der Waals surface area contributed by atoms with Gasteiger partial charge in [-0.3, -0.25) is 0 Å². The molecule has 0 amide bonds. The van der Waals surface area contributed by atoms with Crippen molar-refractivity contribution in [2.24, 2.45) is 0 Å². The number of methoxy groups -OCH3 is 2. The van der Waals surface area contributed by atoms with Crippen LogP contribution in [-0.4, -0.2) is 50.6 Å². The Labute approximate surface area is 115 Å². The van der Waals surface area contributed by atoms with Gasteiger partial charge in [0.25, 0.3) is 0 Å². The normalized spacial score (nSPS) is 10.4. The first kappa shape index (κ1) is 15.1. The van der Waals surface area contributed by atoms with Gasteiger partial charge in [-0.1, -0.05) is 0 Å². The lowest BCUT2D eigenvalue weighted by Crippen LogP contribution is -2.08. The van der Waals surface area contributed by atoms with Crippen molar-refractivity contribution in [2.75, 3.05) is 40.6 Å². The molecule has 1 rings (SSSR count). The van der Waals surface area contributed by atoms with Crippen LogP contribution in [0.3, 0.4) is 0 Å². The highest BCUT2D eigenvalue weighted by Crippen LogP contribution is 2.22. The van der Waals surface area contributed by atoms with E-state index in [0.29, 0.717) is 42.8 Å². The van der Waals surface area contributed by atoms with Crippen LogP contribution in [0.1, 0.15) is 6.42 Å². The Morgan fingerprint density at radius 1 is 1.17 bits per heavy atom. The predicted molar refractivity (Wildman–Crippen MR) is 69.1 cm³/mol. The Morgan fingerprint density at radius 3 is 2.72 bits per heavy atom. The highest BCUT2D eigenvalue weighted by atomic mass is 79.9. The van der Waals surface area contributed by atoms with Gasteiger partial charge in [0.05, 0.1) is 37.6 Å². The van der Waals surface area contributed by atoms with Crippen molar-refractivity contribution in [1.82, 2.24) is 9.97 Å². The fourth-order valence-corrected chi connectivity index (χ4v) is 1.47. The predicted octanol–water partition coefficient (Wildman–Crippen LogP) is 1.68. The fourth-order valence-electron chi connectivity index (χ4n) is 1.12. The lowest BCUT2D eigenvalue weighted by atomic mass is 10.5. The Bertz CT molecular complexity index is 352. The summed E-state index contributed by atoms with van der Waals surface area (Å²) in [4.78, 5) is 8.09. The number of ether oxygens (including phenoxy) is 4. The largest absolute Gasteiger partial charge is 0.480 e. The highest BCUT2D eigenvalue weighted by molar-refractivity contribution is 9.10. The average Bonchev–Trinajstić information content (AvgIpc) is 2.39. The number of hydrogen-bond donors (Lipinski definition) is 0. The quantitative estimate of drug-likeness (QED) is 0.645. The molecule has 0 aliphatic heterocycles. The lowest BCUT2D eigenvalue weighted by Gasteiger charge is -2.07. The molecule has 0 radical (unpaired) electrons. The molecular weight excluding hydrogens is 304 g/mol. The number of nitrogens with zero attached hydrogens (tertiary/aromatic N) is 2. The first-order chi connectivity index (χ1) is 8.77. The topological polar surface area (TPSA) is 62.7 Å². The van der Waals surface area contributed by atoms with E-state index in [1.807, 2.05) is 0 Å². The highest BCUT2D eigenvalue weighted by Gasteiger charge is 2.05. The van der Waals surface area contributed by atoms with Crippen molar-refractivity contribution in [3.8, 4) is 11.9 Å². The van der Waals surface area contributed by atoms with Crippen LogP contribution in [0.25, 0.3) is 0 Å². The maximum Gasteiger partial charge on any atom is 0.319 e. The maximum absolute atomic E-state index is 5.38. The number of hydrogen-bond acceptors (Lipinski definition) is 6. The minimum Gasteiger partial charge on any atom is -0.480 e. The number of halogens is 1. The molecule has 102 valence electrons. The van der Waals surface area contributed by atoms with E-state index >= 15 is 0 Å². The first-order valence-electron chi connectivity index (χ1n) is 5.54. The van der Waals surface area contributed by atoms with E-state index in [4.69, 9.17) is 18.9 Å². The van der Waals surface area contributed by atoms with Crippen LogP contribution >= 0.6 is 15.9 Å². The van der Waals surface area contributed by atoms with Crippen LogP contribution in [0, 0.1) is 0 Å². The maximum atomic E-state index is 5.38. The van der Waals surface area contributed by atoms with Gasteiger partial charge >= 0.3 is 6.01 Å². The van der Waals surface area contributed by atoms with Gasteiger partial charge in [-0.25, -0.2) is 4.98 Å². The molecule has 7 heteroatoms. The van der Waals surface area contributed by atoms with E-state index in [1.165, 1.54) is 0 Å². The first-order valence-corrected chi connectivity index (χ1v) is 6.33. The zero-order valence-electron chi connectivity index (χ0n) is 10.5. The van der Waals surface area contributed by atoms with Crippen LogP contribution in [0.5, 0.6) is 11.9 Å². The van der Waals surface area contributed by atoms with Gasteiger partial charge in [0.1, 0.15) is 0 Å². The van der Waals surface area contributed by atoms with Crippen molar-refractivity contribution >= 4 is 15.9 Å². The van der Waals surface area contributed by atoms with E-state index in [0.717, 1.165) is 6.42 Å². The van der Waals surface area contributed by atoms with Crippen molar-refractivity contribution in [3.63, 3.8) is 0 Å². The lowest BCUT2D eigenvalue weighted by molar-refractivity contribution is 0.0639. The third-order valence-corrected chi connectivity index (χ3v) is 2.52. The molecule has 0 aromatic carbocycles. The van der Waals surface area contributed by atoms with Crippen LogP contribution < -0.4 is 9.47 Å². The smallest absolute Gasteiger partial charge is 0.319 e. The molecule has 0 unspecified atom stereocenters. The molecule has 0 N–H and O–H groups in total. The van der Waals surface area contributed by atoms with Gasteiger partial charge in [0.2, 0.25) is 5.88 Å². The second-order valence-electron chi connectivity index (χ2n) is 3.32. The van der Waals surface area contributed by atoms with Crippen LogP contribution in [0.4, 0.5) is 0 Å². The molecule has 0 saturated heterocycles. The molecule has 0 spiro atoms. The van der Waals surface area contributed by atoms with Crippen LogP contribution in [-0.2, 0) is 9.47 Å². The molecule has 0 saturated carbocycles. The zero-order valence-corrected chi connectivity index (χ0v) is 12.1. The molecule has 0 aliphatic carbocycles. The molecule has 0 bridgehead atoms. The summed E-state index contributed by atoms with van der Waals surface area (Å²) in [6, 6.07) is 0.298. The summed E-state index contributed by atoms with van der Waals surface area (Å²) in [6.07, 6.45) is 2.36. The van der Waals surface area contributed by atoms with E-state index in [2.05, 4.69) is 25.9 Å². The molecule has 0 fully saturated rings. The summed E-state index contributed by atoms with van der Waals surface area (Å²) in [5.41, 5.74) is 0. The Balaban J connectivity index is 2.19. The fraction of sp³-hybridized carbons (Fsp3) is 0.636. The van der Waals surface area contributed by atoms with Gasteiger partial charge in [-0.15, -0.1) is 0 Å². The Morgan fingerprint density at radius 2 is 2.00 bits per heavy atom. The molecule has 0 atom stereocenters. The van der Waals surface area contributed by atoms with E-state index in [1.54, 1.807) is 20.4 Å². The van der Waals surface area contributed by atoms with Crippen LogP contribution in [0.15, 0.2) is 10.7 Å². The second kappa shape index (κ2) is 9.07. The summed E-state index contributed by atoms with van der Waals surface area (Å²) >= 11 is 3.27. The summed E-state index contributed by atoms with van der Waals surface area (Å²) in [5.74, 6) is 0.455. The van der Waals surface area contributed by atoms with Crippen molar-refractivity contribution in [1.29, 1.82) is 0 Å². The van der Waals surface area contributed by atoms with Crippen molar-refractivity contribution < 1.29 is 18.9 Å². The molecule has 6 nitrogen and oxygen atoms in total. The van der Waals surface area contributed by atoms with Gasteiger partial charge in [-0.05, 0) is 15.9 Å². The summed E-state index contributed by atoms with van der Waals surface area (Å²) in [6.45, 7) is 2.32. The molecular formula is C11H17BrN2O4. The standard InChI is InChI=1S/C11H17BrN2O4/c1-15-6-7-17-4-3-5-18-11-13-8-9(12)10(14-11)16-2/h8H,3-7H2,1-2H3. The molecule has 1 heterocycles. The average molecular weight is 321 g/mol. The summed E-state index contributed by atoms with van der Waals surface area (Å²) < 4.78 is 21.3. The molecule has 1 aromatic rings. The van der Waals surface area contributed by atoms with Gasteiger partial charge < -0.3 is 18.9 Å². The minimum absolute atomic E-state index is 0.298. The van der Waals surface area contributed by atoms with Crippen LogP contribution in [0.2, 0.25) is 0 Å². The third-order valence-electron chi connectivity index (χ3n) is 1.98.